The van der Waals surface area contributed by atoms with Crippen LogP contribution in [0.2, 0.25) is 0 Å². The third kappa shape index (κ3) is 16.5. The van der Waals surface area contributed by atoms with Crippen LogP contribution in [-0.2, 0) is 23.8 Å². The average molecular weight is 1020 g/mol. The molecule has 0 bridgehead atoms. The van der Waals surface area contributed by atoms with E-state index in [0.29, 0.717) is 19.3 Å². The van der Waals surface area contributed by atoms with Gasteiger partial charge in [0.25, 0.3) is 0 Å². The number of unbranched alkanes of at least 4 members (excludes halogenated alkanes) is 8. The third-order valence-corrected chi connectivity index (χ3v) is 26.8. The molecule has 0 aromatic heterocycles. The molecular formula is C59H111N2O9P. The maximum atomic E-state index is 14.4. The molecule has 3 aliphatic carbocycles. The third-order valence-electron chi connectivity index (χ3n) is 19.3. The quantitative estimate of drug-likeness (QED) is 0.0560. The van der Waals surface area contributed by atoms with Crippen LogP contribution in [0.15, 0.2) is 0 Å². The summed E-state index contributed by atoms with van der Waals surface area (Å²) in [5.74, 6) is -1.87. The van der Waals surface area contributed by atoms with E-state index in [0.717, 1.165) is 36.2 Å². The molecule has 5 rings (SSSR count). The minimum absolute atomic E-state index is 0.0975. The summed E-state index contributed by atoms with van der Waals surface area (Å²) in [5.41, 5.74) is 0.0297. The molecule has 11 nitrogen and oxygen atoms in total. The Bertz CT molecular complexity index is 1500. The Morgan fingerprint density at radius 2 is 1.24 bits per heavy atom. The van der Waals surface area contributed by atoms with Gasteiger partial charge < -0.3 is 44.4 Å². The molecule has 0 unspecified atom stereocenters. The first kappa shape index (κ1) is 60.9. The molecule has 2 heterocycles. The molecule has 2 saturated heterocycles. The Morgan fingerprint density at radius 3 is 1.73 bits per heavy atom. The Morgan fingerprint density at radius 1 is 0.746 bits per heavy atom. The first-order chi connectivity index (χ1) is 33.7. The summed E-state index contributed by atoms with van der Waals surface area (Å²) in [6.07, 6.45) is 31.5. The largest absolute Gasteiger partial charge is 0.388 e. The van der Waals surface area contributed by atoms with Crippen molar-refractivity contribution in [1.29, 1.82) is 0 Å². The normalized spacial score (nSPS) is 36.8. The summed E-state index contributed by atoms with van der Waals surface area (Å²) < 4.78 is 18.8. The molecule has 13 atom stereocenters. The van der Waals surface area contributed by atoms with Crippen LogP contribution in [0.1, 0.15) is 242 Å². The molecule has 416 valence electrons. The molecule has 0 aromatic carbocycles. The van der Waals surface area contributed by atoms with Gasteiger partial charge in [0.2, 0.25) is 0 Å². The van der Waals surface area contributed by atoms with Crippen LogP contribution in [-0.4, -0.2) is 146 Å². The SMILES string of the molecule is CC[C@H]1OC(=O)[C@H](C)C[C@H](C)[C@@H](O[C@@H]2O[C@H](C)C[C@H](N(C)C)[C@H]2O)[C@](C)(O)C[C@@H](C)CN(C(=O)CCCCCCCCCCC[PH](C2CCCCC2)(C2CCCCC2)C2CCCCC2)[C@H](C)[C@@H](O)[C@]1(C)O. The molecule has 3 saturated carbocycles. The minimum atomic E-state index is -1.84. The van der Waals surface area contributed by atoms with Gasteiger partial charge in [-0.1, -0.05) is 27.7 Å². The Hall–Kier alpha value is -0.910. The predicted octanol–water partition coefficient (Wildman–Crippen LogP) is 11.6. The number of amides is 1. The van der Waals surface area contributed by atoms with Gasteiger partial charge in [0, 0.05) is 12.6 Å². The second kappa shape index (κ2) is 29.0. The molecule has 5 aliphatic rings. The Balaban J connectivity index is 1.18. The van der Waals surface area contributed by atoms with Crippen molar-refractivity contribution in [3.8, 4) is 0 Å². The zero-order chi connectivity index (χ0) is 51.9. The van der Waals surface area contributed by atoms with Crippen LogP contribution in [0.5, 0.6) is 0 Å². The summed E-state index contributed by atoms with van der Waals surface area (Å²) in [4.78, 5) is 31.8. The number of rotatable bonds is 19. The number of ether oxygens (including phenoxy) is 3. The van der Waals surface area contributed by atoms with Crippen molar-refractivity contribution < 1.29 is 44.2 Å². The fourth-order valence-corrected chi connectivity index (χ4v) is 24.1. The first-order valence-corrected chi connectivity index (χ1v) is 32.5. The van der Waals surface area contributed by atoms with Crippen LogP contribution in [0, 0.1) is 17.8 Å². The zero-order valence-electron chi connectivity index (χ0n) is 47.2. The molecule has 0 spiro atoms. The first-order valence-electron chi connectivity index (χ1n) is 30.0. The molecule has 1 amide bonds. The van der Waals surface area contributed by atoms with Crippen molar-refractivity contribution >= 4 is 19.1 Å². The summed E-state index contributed by atoms with van der Waals surface area (Å²) in [7, 11) is 2.45. The van der Waals surface area contributed by atoms with Crippen molar-refractivity contribution in [3.63, 3.8) is 0 Å². The number of esters is 1. The average Bonchev–Trinajstić information content (AvgIpc) is 3.34. The van der Waals surface area contributed by atoms with Crippen molar-refractivity contribution in [2.45, 2.75) is 319 Å². The fourth-order valence-electron chi connectivity index (χ4n) is 15.5. The number of likely N-dealkylation sites (N-methyl/N-ethyl adjacent to an activating group) is 1. The van der Waals surface area contributed by atoms with Crippen LogP contribution < -0.4 is 0 Å². The summed E-state index contributed by atoms with van der Waals surface area (Å²) in [6.45, 7) is 14.7. The maximum Gasteiger partial charge on any atom is 0.126 e. The molecule has 12 heteroatoms. The molecule has 71 heavy (non-hydrogen) atoms. The van der Waals surface area contributed by atoms with Crippen LogP contribution in [0.4, 0.5) is 0 Å². The van der Waals surface area contributed by atoms with E-state index in [1.807, 2.05) is 46.7 Å². The number of carbonyl (C=O) groups excluding carboxylic acids is 2. The zero-order valence-corrected chi connectivity index (χ0v) is 48.2. The number of nitrogens with zero attached hydrogens (tertiary/aromatic N) is 2. The van der Waals surface area contributed by atoms with Gasteiger partial charge >= 0.3 is 203 Å². The molecular weight excluding hydrogens is 912 g/mol. The van der Waals surface area contributed by atoms with E-state index in [1.54, 1.807) is 70.4 Å². The summed E-state index contributed by atoms with van der Waals surface area (Å²) in [5, 5.41) is 47.8. The molecule has 5 fully saturated rings. The Labute approximate surface area is 434 Å². The van der Waals surface area contributed by atoms with E-state index in [2.05, 4.69) is 0 Å². The van der Waals surface area contributed by atoms with Crippen molar-refractivity contribution in [3.05, 3.63) is 0 Å². The van der Waals surface area contributed by atoms with Gasteiger partial charge in [0.05, 0.1) is 29.8 Å². The molecule has 4 N–H and O–H groups in total. The van der Waals surface area contributed by atoms with Crippen molar-refractivity contribution in [1.82, 2.24) is 9.80 Å². The van der Waals surface area contributed by atoms with E-state index >= 15 is 0 Å². The smallest absolute Gasteiger partial charge is 0.126 e. The number of aliphatic hydroxyl groups is 4. The number of aliphatic hydroxyl groups excluding tert-OH is 2. The minimum Gasteiger partial charge on any atom is -0.388 e. The second-order valence-corrected chi connectivity index (χ2v) is 30.7. The van der Waals surface area contributed by atoms with E-state index in [9.17, 15) is 30.0 Å². The van der Waals surface area contributed by atoms with Crippen LogP contribution in [0.3, 0.4) is 0 Å². The topological polar surface area (TPSA) is 149 Å². The number of hydrogen-bond donors (Lipinski definition) is 4. The monoisotopic (exact) mass is 1020 g/mol. The van der Waals surface area contributed by atoms with Gasteiger partial charge in [-0.15, -0.1) is 0 Å². The van der Waals surface area contributed by atoms with Crippen molar-refractivity contribution in [2.24, 2.45) is 17.8 Å². The summed E-state index contributed by atoms with van der Waals surface area (Å²) >= 11 is 0. The van der Waals surface area contributed by atoms with Gasteiger partial charge in [-0.3, -0.25) is 9.59 Å². The fraction of sp³-hybridized carbons (Fsp3) is 0.966. The van der Waals surface area contributed by atoms with E-state index in [1.165, 1.54) is 103 Å². The number of carbonyl (C=O) groups is 2. The maximum absolute atomic E-state index is 14.4. The van der Waals surface area contributed by atoms with E-state index in [-0.39, 0.29) is 49.3 Å². The van der Waals surface area contributed by atoms with E-state index in [4.69, 9.17) is 14.2 Å². The summed E-state index contributed by atoms with van der Waals surface area (Å²) in [6, 6.07) is -1.01. The van der Waals surface area contributed by atoms with Crippen molar-refractivity contribution in [2.75, 3.05) is 26.8 Å². The van der Waals surface area contributed by atoms with Gasteiger partial charge in [-0.2, -0.15) is 0 Å². The second-order valence-electron chi connectivity index (χ2n) is 25.5. The van der Waals surface area contributed by atoms with Gasteiger partial charge in [-0.25, -0.2) is 0 Å². The van der Waals surface area contributed by atoms with Crippen LogP contribution in [0.25, 0.3) is 0 Å². The van der Waals surface area contributed by atoms with Gasteiger partial charge in [0.15, 0.2) is 6.29 Å². The molecule has 0 radical (unpaired) electrons. The van der Waals surface area contributed by atoms with Gasteiger partial charge in [0.1, 0.15) is 23.9 Å². The van der Waals surface area contributed by atoms with Crippen LogP contribution >= 0.6 is 7.26 Å². The number of hydrogen-bond acceptors (Lipinski definition) is 10. The number of cyclic esters (lactones) is 1. The Kier molecular flexibility index (Phi) is 24.9. The predicted molar refractivity (Wildman–Crippen MR) is 293 cm³/mol. The molecule has 2 aliphatic heterocycles. The standard InChI is InChI=1S/C59H111N2O9P/c1-11-51-59(8,67)54(64)46(6)61(41-42(2)40-58(7,66)55(43(3)38-44(4)56(65)69-51)70-57-53(63)50(60(9)10)39-45(5)68-57)52(62)36-28-17-15-13-12-14-16-18-29-37-71(47-30-22-19-23-31-47,48-32-24-20-25-33-48)49-34-26-21-27-35-49/h42-51,53-55,57,63-64,66-67,71H,11-41H2,1-10H3/t42-,43+,44-,45-,46-,50+,51-,53-,54-,55-,57+,58-,59-/m1/s1. The van der Waals surface area contributed by atoms with Gasteiger partial charge in [-0.05, 0) is 79.3 Å². The van der Waals surface area contributed by atoms with E-state index < -0.39 is 67.1 Å². The molecule has 0 aromatic rings.